The summed E-state index contributed by atoms with van der Waals surface area (Å²) in [7, 11) is 0. The van der Waals surface area contributed by atoms with Crippen molar-refractivity contribution < 1.29 is 9.53 Å². The fourth-order valence-corrected chi connectivity index (χ4v) is 2.34. The standard InChI is InChI=1S/C15H21NO2/c1-11-8-9-16-14(10-11)15(17)18-12(2)13-6-4-3-5-7-13/h3-7,11-12,14,16H,8-10H2,1-2H3. The van der Waals surface area contributed by atoms with Gasteiger partial charge in [-0.3, -0.25) is 4.79 Å². The van der Waals surface area contributed by atoms with Crippen molar-refractivity contribution in [3.8, 4) is 0 Å². The van der Waals surface area contributed by atoms with Crippen LogP contribution in [0.3, 0.4) is 0 Å². The van der Waals surface area contributed by atoms with Gasteiger partial charge in [0.2, 0.25) is 0 Å². The second kappa shape index (κ2) is 6.01. The number of esters is 1. The van der Waals surface area contributed by atoms with Crippen LogP contribution < -0.4 is 5.32 Å². The van der Waals surface area contributed by atoms with Crippen molar-refractivity contribution in [2.45, 2.75) is 38.8 Å². The molecular weight excluding hydrogens is 226 g/mol. The number of rotatable bonds is 3. The van der Waals surface area contributed by atoms with Gasteiger partial charge in [-0.05, 0) is 37.8 Å². The first-order chi connectivity index (χ1) is 8.66. The number of ether oxygens (including phenoxy) is 1. The zero-order chi connectivity index (χ0) is 13.0. The number of carbonyl (C=O) groups excluding carboxylic acids is 1. The third-order valence-corrected chi connectivity index (χ3v) is 3.51. The lowest BCUT2D eigenvalue weighted by atomic mass is 9.94. The Bertz CT molecular complexity index is 391. The van der Waals surface area contributed by atoms with E-state index < -0.39 is 0 Å². The Balaban J connectivity index is 1.91. The molecule has 3 heteroatoms. The van der Waals surface area contributed by atoms with Gasteiger partial charge in [0.25, 0.3) is 0 Å². The van der Waals surface area contributed by atoms with Gasteiger partial charge in [-0.1, -0.05) is 37.3 Å². The molecule has 0 saturated carbocycles. The van der Waals surface area contributed by atoms with Crippen LogP contribution in [0.5, 0.6) is 0 Å². The van der Waals surface area contributed by atoms with Gasteiger partial charge in [-0.25, -0.2) is 0 Å². The monoisotopic (exact) mass is 247 g/mol. The highest BCUT2D eigenvalue weighted by Gasteiger charge is 2.27. The van der Waals surface area contributed by atoms with E-state index in [1.807, 2.05) is 37.3 Å². The fraction of sp³-hybridized carbons (Fsp3) is 0.533. The Kier molecular flexibility index (Phi) is 4.37. The molecule has 0 amide bonds. The average Bonchev–Trinajstić information content (AvgIpc) is 2.39. The number of benzene rings is 1. The zero-order valence-electron chi connectivity index (χ0n) is 11.1. The first-order valence-corrected chi connectivity index (χ1v) is 6.65. The molecular formula is C15H21NO2. The van der Waals surface area contributed by atoms with E-state index >= 15 is 0 Å². The van der Waals surface area contributed by atoms with E-state index in [9.17, 15) is 4.79 Å². The largest absolute Gasteiger partial charge is 0.457 e. The summed E-state index contributed by atoms with van der Waals surface area (Å²) in [4.78, 5) is 12.0. The molecule has 2 rings (SSSR count). The van der Waals surface area contributed by atoms with Crippen LogP contribution in [-0.2, 0) is 9.53 Å². The maximum Gasteiger partial charge on any atom is 0.323 e. The Morgan fingerprint density at radius 3 is 2.78 bits per heavy atom. The number of nitrogens with one attached hydrogen (secondary N) is 1. The van der Waals surface area contributed by atoms with Crippen LogP contribution in [0.4, 0.5) is 0 Å². The Labute approximate surface area is 109 Å². The molecule has 3 nitrogen and oxygen atoms in total. The van der Waals surface area contributed by atoms with E-state index in [1.54, 1.807) is 0 Å². The highest BCUT2D eigenvalue weighted by Crippen LogP contribution is 2.20. The summed E-state index contributed by atoms with van der Waals surface area (Å²) in [5.41, 5.74) is 1.04. The minimum Gasteiger partial charge on any atom is -0.457 e. The lowest BCUT2D eigenvalue weighted by molar-refractivity contribution is -0.152. The lowest BCUT2D eigenvalue weighted by Crippen LogP contribution is -2.44. The van der Waals surface area contributed by atoms with E-state index in [0.717, 1.165) is 24.9 Å². The molecule has 98 valence electrons. The first-order valence-electron chi connectivity index (χ1n) is 6.65. The number of hydrogen-bond donors (Lipinski definition) is 1. The molecule has 1 N–H and O–H groups in total. The summed E-state index contributed by atoms with van der Waals surface area (Å²) in [5, 5.41) is 3.23. The van der Waals surface area contributed by atoms with Crippen LogP contribution >= 0.6 is 0 Å². The van der Waals surface area contributed by atoms with Crippen molar-refractivity contribution in [3.63, 3.8) is 0 Å². The molecule has 1 aromatic rings. The van der Waals surface area contributed by atoms with Crippen molar-refractivity contribution in [1.82, 2.24) is 5.32 Å². The first kappa shape index (κ1) is 13.1. The molecule has 1 aromatic carbocycles. The van der Waals surface area contributed by atoms with Gasteiger partial charge in [0, 0.05) is 0 Å². The number of carbonyl (C=O) groups is 1. The van der Waals surface area contributed by atoms with Crippen LogP contribution in [0.25, 0.3) is 0 Å². The minimum absolute atomic E-state index is 0.127. The Hall–Kier alpha value is -1.35. The normalized spacial score (nSPS) is 25.4. The second-order valence-electron chi connectivity index (χ2n) is 5.13. The third kappa shape index (κ3) is 3.33. The van der Waals surface area contributed by atoms with Crippen molar-refractivity contribution in [2.75, 3.05) is 6.54 Å². The predicted octanol–water partition coefficient (Wildman–Crippen LogP) is 2.68. The van der Waals surface area contributed by atoms with Gasteiger partial charge in [0.1, 0.15) is 12.1 Å². The van der Waals surface area contributed by atoms with Crippen molar-refractivity contribution in [3.05, 3.63) is 35.9 Å². The molecule has 0 aromatic heterocycles. The second-order valence-corrected chi connectivity index (χ2v) is 5.13. The summed E-state index contributed by atoms with van der Waals surface area (Å²) >= 11 is 0. The van der Waals surface area contributed by atoms with Crippen LogP contribution in [0, 0.1) is 5.92 Å². The number of piperidine rings is 1. The van der Waals surface area contributed by atoms with Gasteiger partial charge in [-0.2, -0.15) is 0 Å². The number of hydrogen-bond acceptors (Lipinski definition) is 3. The van der Waals surface area contributed by atoms with Gasteiger partial charge in [0.15, 0.2) is 0 Å². The van der Waals surface area contributed by atoms with E-state index in [-0.39, 0.29) is 18.1 Å². The summed E-state index contributed by atoms with van der Waals surface area (Å²) in [5.74, 6) is 0.466. The maximum absolute atomic E-state index is 12.0. The van der Waals surface area contributed by atoms with Gasteiger partial charge in [0.05, 0.1) is 0 Å². The van der Waals surface area contributed by atoms with Crippen LogP contribution in [0.2, 0.25) is 0 Å². The molecule has 0 spiro atoms. The van der Waals surface area contributed by atoms with Crippen molar-refractivity contribution in [1.29, 1.82) is 0 Å². The molecule has 0 aliphatic carbocycles. The van der Waals surface area contributed by atoms with Gasteiger partial charge in [-0.15, -0.1) is 0 Å². The Morgan fingerprint density at radius 1 is 1.39 bits per heavy atom. The van der Waals surface area contributed by atoms with Crippen molar-refractivity contribution in [2.24, 2.45) is 5.92 Å². The van der Waals surface area contributed by atoms with Crippen LogP contribution in [0.1, 0.15) is 38.4 Å². The van der Waals surface area contributed by atoms with E-state index in [2.05, 4.69) is 12.2 Å². The predicted molar refractivity (Wildman–Crippen MR) is 71.1 cm³/mol. The SMILES string of the molecule is CC1CCNC(C(=O)OC(C)c2ccccc2)C1. The van der Waals surface area contributed by atoms with Crippen molar-refractivity contribution >= 4 is 5.97 Å². The fourth-order valence-electron chi connectivity index (χ4n) is 2.34. The molecule has 1 aliphatic heterocycles. The molecule has 0 radical (unpaired) electrons. The van der Waals surface area contributed by atoms with Crippen LogP contribution in [0.15, 0.2) is 30.3 Å². The molecule has 3 atom stereocenters. The summed E-state index contributed by atoms with van der Waals surface area (Å²) < 4.78 is 5.52. The Morgan fingerprint density at radius 2 is 2.11 bits per heavy atom. The van der Waals surface area contributed by atoms with E-state index in [4.69, 9.17) is 4.74 Å². The molecule has 1 fully saturated rings. The average molecular weight is 247 g/mol. The maximum atomic E-state index is 12.0. The molecule has 3 unspecified atom stereocenters. The molecule has 18 heavy (non-hydrogen) atoms. The highest BCUT2D eigenvalue weighted by atomic mass is 16.5. The summed E-state index contributed by atoms with van der Waals surface area (Å²) in [6.07, 6.45) is 1.83. The molecule has 1 aliphatic rings. The quantitative estimate of drug-likeness (QED) is 0.835. The smallest absolute Gasteiger partial charge is 0.323 e. The topological polar surface area (TPSA) is 38.3 Å². The minimum atomic E-state index is -0.183. The third-order valence-electron chi connectivity index (χ3n) is 3.51. The van der Waals surface area contributed by atoms with Gasteiger partial charge >= 0.3 is 5.97 Å². The van der Waals surface area contributed by atoms with Crippen LogP contribution in [-0.4, -0.2) is 18.6 Å². The summed E-state index contributed by atoms with van der Waals surface area (Å²) in [6.45, 7) is 5.00. The molecule has 0 bridgehead atoms. The lowest BCUT2D eigenvalue weighted by Gasteiger charge is -2.27. The summed E-state index contributed by atoms with van der Waals surface area (Å²) in [6, 6.07) is 9.70. The zero-order valence-corrected chi connectivity index (χ0v) is 11.1. The van der Waals surface area contributed by atoms with E-state index in [1.165, 1.54) is 0 Å². The highest BCUT2D eigenvalue weighted by molar-refractivity contribution is 5.76. The molecule has 1 heterocycles. The van der Waals surface area contributed by atoms with Gasteiger partial charge < -0.3 is 10.1 Å². The van der Waals surface area contributed by atoms with E-state index in [0.29, 0.717) is 5.92 Å². The molecule has 1 saturated heterocycles.